The Bertz CT molecular complexity index is 515. The summed E-state index contributed by atoms with van der Waals surface area (Å²) < 4.78 is 1.62. The molecule has 0 saturated carbocycles. The third-order valence-corrected chi connectivity index (χ3v) is 2.31. The molecule has 1 amide bonds. The molecule has 0 bridgehead atoms. The van der Waals surface area contributed by atoms with Crippen molar-refractivity contribution in [3.05, 3.63) is 29.7 Å². The fourth-order valence-corrected chi connectivity index (χ4v) is 1.42. The molecule has 2 heterocycles. The molecule has 0 saturated heterocycles. The van der Waals surface area contributed by atoms with Crippen LogP contribution < -0.4 is 5.73 Å². The molecule has 5 heteroatoms. The average molecular weight is 204 g/mol. The van der Waals surface area contributed by atoms with E-state index >= 15 is 0 Å². The van der Waals surface area contributed by atoms with Crippen LogP contribution in [0.4, 0.5) is 0 Å². The van der Waals surface area contributed by atoms with Crippen LogP contribution in [0.1, 0.15) is 35.9 Å². The molecule has 0 aliphatic rings. The van der Waals surface area contributed by atoms with E-state index in [4.69, 9.17) is 5.73 Å². The number of nitrogens with two attached hydrogens (primary N) is 1. The summed E-state index contributed by atoms with van der Waals surface area (Å²) in [6, 6.07) is 3.80. The van der Waals surface area contributed by atoms with Gasteiger partial charge in [-0.25, -0.2) is 0 Å². The first-order chi connectivity index (χ1) is 7.09. The number of hydrogen-bond donors (Lipinski definition) is 1. The van der Waals surface area contributed by atoms with Gasteiger partial charge in [0.05, 0.1) is 0 Å². The number of primary amides is 1. The third kappa shape index (κ3) is 1.56. The van der Waals surface area contributed by atoms with Crippen LogP contribution >= 0.6 is 0 Å². The second-order valence-electron chi connectivity index (χ2n) is 3.73. The van der Waals surface area contributed by atoms with Gasteiger partial charge < -0.3 is 5.73 Å². The van der Waals surface area contributed by atoms with Crippen molar-refractivity contribution in [2.45, 2.75) is 19.8 Å². The van der Waals surface area contributed by atoms with E-state index in [1.54, 1.807) is 4.40 Å². The van der Waals surface area contributed by atoms with Gasteiger partial charge in [0, 0.05) is 6.20 Å². The average Bonchev–Trinajstić information content (AvgIpc) is 2.59. The molecule has 15 heavy (non-hydrogen) atoms. The Hall–Kier alpha value is -1.91. The van der Waals surface area contributed by atoms with E-state index in [2.05, 4.69) is 24.0 Å². The molecular weight excluding hydrogens is 192 g/mol. The highest BCUT2D eigenvalue weighted by Crippen LogP contribution is 2.15. The van der Waals surface area contributed by atoms with Gasteiger partial charge in [-0.3, -0.25) is 9.20 Å². The quantitative estimate of drug-likeness (QED) is 0.791. The van der Waals surface area contributed by atoms with Gasteiger partial charge in [0.2, 0.25) is 5.82 Å². The minimum Gasteiger partial charge on any atom is -0.363 e. The normalized spacial score (nSPS) is 11.1. The van der Waals surface area contributed by atoms with E-state index in [0.29, 0.717) is 11.6 Å². The lowest BCUT2D eigenvalue weighted by atomic mass is 10.1. The van der Waals surface area contributed by atoms with Gasteiger partial charge in [0.1, 0.15) is 0 Å². The zero-order valence-corrected chi connectivity index (χ0v) is 8.64. The lowest BCUT2D eigenvalue weighted by Gasteiger charge is -2.05. The Morgan fingerprint density at radius 1 is 1.40 bits per heavy atom. The topological polar surface area (TPSA) is 73.3 Å². The van der Waals surface area contributed by atoms with Crippen molar-refractivity contribution in [2.24, 2.45) is 5.73 Å². The molecule has 2 N–H and O–H groups in total. The fraction of sp³-hybridized carbons (Fsp3) is 0.300. The molecule has 0 radical (unpaired) electrons. The number of carbonyl (C=O) groups is 1. The maximum atomic E-state index is 11.1. The smallest absolute Gasteiger partial charge is 0.287 e. The Balaban J connectivity index is 2.66. The Kier molecular flexibility index (Phi) is 2.15. The molecule has 0 fully saturated rings. The summed E-state index contributed by atoms with van der Waals surface area (Å²) >= 11 is 0. The molecule has 0 aliphatic heterocycles. The van der Waals surface area contributed by atoms with Crippen LogP contribution in [0.25, 0.3) is 5.65 Å². The number of carbonyl (C=O) groups excluding carboxylic acids is 1. The van der Waals surface area contributed by atoms with Crippen LogP contribution in [0.15, 0.2) is 18.3 Å². The number of amides is 1. The standard InChI is InChI=1S/C10H12N4O/c1-6(2)7-3-4-8-12-13-10(9(11)15)14(8)5-7/h3-6H,1-2H3,(H2,11,15). The van der Waals surface area contributed by atoms with Gasteiger partial charge in [0.15, 0.2) is 5.65 Å². The number of aromatic nitrogens is 3. The van der Waals surface area contributed by atoms with E-state index in [0.717, 1.165) is 5.56 Å². The van der Waals surface area contributed by atoms with E-state index in [9.17, 15) is 4.79 Å². The highest BCUT2D eigenvalue weighted by Gasteiger charge is 2.11. The Morgan fingerprint density at radius 3 is 2.73 bits per heavy atom. The summed E-state index contributed by atoms with van der Waals surface area (Å²) in [6.07, 6.45) is 1.85. The number of nitrogens with zero attached hydrogens (tertiary/aromatic N) is 3. The van der Waals surface area contributed by atoms with Crippen molar-refractivity contribution in [3.63, 3.8) is 0 Å². The molecule has 2 rings (SSSR count). The number of pyridine rings is 1. The summed E-state index contributed by atoms with van der Waals surface area (Å²) in [4.78, 5) is 11.1. The fourth-order valence-electron chi connectivity index (χ4n) is 1.42. The summed E-state index contributed by atoms with van der Waals surface area (Å²) in [5.74, 6) is -0.00608. The van der Waals surface area contributed by atoms with E-state index in [1.807, 2.05) is 18.3 Å². The number of rotatable bonds is 2. The third-order valence-electron chi connectivity index (χ3n) is 2.31. The number of fused-ring (bicyclic) bond motifs is 1. The highest BCUT2D eigenvalue weighted by atomic mass is 16.1. The second kappa shape index (κ2) is 3.34. The lowest BCUT2D eigenvalue weighted by Crippen LogP contribution is -2.15. The summed E-state index contributed by atoms with van der Waals surface area (Å²) in [7, 11) is 0. The molecule has 0 unspecified atom stereocenters. The van der Waals surface area contributed by atoms with Crippen LogP contribution in [0.3, 0.4) is 0 Å². The molecular formula is C10H12N4O. The summed E-state index contributed by atoms with van der Waals surface area (Å²) in [5.41, 5.74) is 6.94. The van der Waals surface area contributed by atoms with Crippen LogP contribution in [0.2, 0.25) is 0 Å². The van der Waals surface area contributed by atoms with Gasteiger partial charge in [-0.15, -0.1) is 10.2 Å². The second-order valence-corrected chi connectivity index (χ2v) is 3.73. The molecule has 78 valence electrons. The molecule has 0 spiro atoms. The van der Waals surface area contributed by atoms with Crippen molar-refractivity contribution >= 4 is 11.6 Å². The molecule has 2 aromatic heterocycles. The summed E-state index contributed by atoms with van der Waals surface area (Å²) in [5, 5.41) is 7.59. The highest BCUT2D eigenvalue weighted by molar-refractivity contribution is 5.89. The molecule has 0 aromatic carbocycles. The predicted octanol–water partition coefficient (Wildman–Crippen LogP) is 0.952. The van der Waals surface area contributed by atoms with Crippen molar-refractivity contribution in [2.75, 3.05) is 0 Å². The first-order valence-electron chi connectivity index (χ1n) is 4.74. The van der Waals surface area contributed by atoms with Gasteiger partial charge in [-0.05, 0) is 17.5 Å². The Labute approximate surface area is 86.9 Å². The summed E-state index contributed by atoms with van der Waals surface area (Å²) in [6.45, 7) is 4.16. The molecule has 0 aliphatic carbocycles. The minimum absolute atomic E-state index is 0.174. The SMILES string of the molecule is CC(C)c1ccc2nnc(C(N)=O)n2c1. The van der Waals surface area contributed by atoms with Crippen molar-refractivity contribution in [1.29, 1.82) is 0 Å². The zero-order valence-electron chi connectivity index (χ0n) is 8.64. The largest absolute Gasteiger partial charge is 0.363 e. The first-order valence-corrected chi connectivity index (χ1v) is 4.74. The van der Waals surface area contributed by atoms with Gasteiger partial charge in [0.25, 0.3) is 5.91 Å². The van der Waals surface area contributed by atoms with Gasteiger partial charge in [-0.1, -0.05) is 19.9 Å². The zero-order chi connectivity index (χ0) is 11.0. The van der Waals surface area contributed by atoms with E-state index in [-0.39, 0.29) is 5.82 Å². The van der Waals surface area contributed by atoms with Crippen molar-refractivity contribution in [1.82, 2.24) is 14.6 Å². The van der Waals surface area contributed by atoms with Gasteiger partial charge >= 0.3 is 0 Å². The van der Waals surface area contributed by atoms with Crippen molar-refractivity contribution in [3.8, 4) is 0 Å². The minimum atomic E-state index is -0.566. The van der Waals surface area contributed by atoms with E-state index < -0.39 is 5.91 Å². The van der Waals surface area contributed by atoms with Crippen LogP contribution in [0, 0.1) is 0 Å². The Morgan fingerprint density at radius 2 is 2.13 bits per heavy atom. The van der Waals surface area contributed by atoms with Crippen molar-refractivity contribution < 1.29 is 4.79 Å². The lowest BCUT2D eigenvalue weighted by molar-refractivity contribution is 0.0989. The van der Waals surface area contributed by atoms with Gasteiger partial charge in [-0.2, -0.15) is 0 Å². The predicted molar refractivity (Wildman–Crippen MR) is 55.6 cm³/mol. The maximum absolute atomic E-state index is 11.1. The van der Waals surface area contributed by atoms with Crippen LogP contribution in [-0.4, -0.2) is 20.5 Å². The van der Waals surface area contributed by atoms with Crippen LogP contribution in [-0.2, 0) is 0 Å². The number of hydrogen-bond acceptors (Lipinski definition) is 3. The first kappa shape index (κ1) is 9.64. The maximum Gasteiger partial charge on any atom is 0.287 e. The molecule has 5 nitrogen and oxygen atoms in total. The molecule has 2 aromatic rings. The molecule has 0 atom stereocenters. The monoisotopic (exact) mass is 204 g/mol. The van der Waals surface area contributed by atoms with Crippen LogP contribution in [0.5, 0.6) is 0 Å². The van der Waals surface area contributed by atoms with E-state index in [1.165, 1.54) is 0 Å².